The molecular formula is C15H16N2O2. The van der Waals surface area contributed by atoms with E-state index in [-0.39, 0.29) is 5.56 Å². The van der Waals surface area contributed by atoms with Crippen molar-refractivity contribution in [3.05, 3.63) is 53.6 Å². The van der Waals surface area contributed by atoms with E-state index in [1.54, 1.807) is 12.1 Å². The number of rotatable bonds is 3. The number of nitrogens with zero attached hydrogens (tertiary/aromatic N) is 1. The molecule has 0 saturated heterocycles. The normalized spacial score (nSPS) is 10.2. The number of hydrogen-bond acceptors (Lipinski definition) is 3. The summed E-state index contributed by atoms with van der Waals surface area (Å²) in [6.45, 7) is 1.99. The van der Waals surface area contributed by atoms with Crippen LogP contribution in [0.4, 0.5) is 17.1 Å². The van der Waals surface area contributed by atoms with E-state index in [2.05, 4.69) is 0 Å². The molecule has 0 spiro atoms. The molecule has 0 fully saturated rings. The third-order valence-electron chi connectivity index (χ3n) is 3.00. The molecule has 0 radical (unpaired) electrons. The molecule has 0 aliphatic heterocycles. The molecule has 4 nitrogen and oxygen atoms in total. The monoisotopic (exact) mass is 256 g/mol. The number of aryl methyl sites for hydroxylation is 1. The molecular weight excluding hydrogens is 240 g/mol. The van der Waals surface area contributed by atoms with Gasteiger partial charge in [0.2, 0.25) is 0 Å². The largest absolute Gasteiger partial charge is 0.478 e. The van der Waals surface area contributed by atoms with E-state index in [1.807, 2.05) is 43.1 Å². The fraction of sp³-hybridized carbons (Fsp3) is 0.133. The van der Waals surface area contributed by atoms with Crippen molar-refractivity contribution in [2.24, 2.45) is 0 Å². The molecule has 2 aromatic carbocycles. The van der Waals surface area contributed by atoms with Gasteiger partial charge in [-0.15, -0.1) is 0 Å². The fourth-order valence-corrected chi connectivity index (χ4v) is 1.98. The highest BCUT2D eigenvalue weighted by Gasteiger charge is 2.15. The van der Waals surface area contributed by atoms with E-state index >= 15 is 0 Å². The van der Waals surface area contributed by atoms with Crippen LogP contribution in [-0.2, 0) is 0 Å². The molecule has 0 unspecified atom stereocenters. The highest BCUT2D eigenvalue weighted by Crippen LogP contribution is 2.29. The van der Waals surface area contributed by atoms with E-state index in [9.17, 15) is 9.90 Å². The zero-order valence-electron chi connectivity index (χ0n) is 10.9. The number of benzene rings is 2. The molecule has 0 aliphatic rings. The van der Waals surface area contributed by atoms with Crippen LogP contribution >= 0.6 is 0 Å². The number of anilines is 3. The standard InChI is InChI=1S/C15H16N2O2/c1-10-4-3-5-12(8-10)17(2)14-9-11(16)6-7-13(14)15(18)19/h3-9H,16H2,1-2H3,(H,18,19). The maximum Gasteiger partial charge on any atom is 0.337 e. The van der Waals surface area contributed by atoms with Gasteiger partial charge in [0, 0.05) is 18.4 Å². The lowest BCUT2D eigenvalue weighted by atomic mass is 10.1. The number of carboxylic acid groups (broad SMARTS) is 1. The number of hydrogen-bond donors (Lipinski definition) is 2. The van der Waals surface area contributed by atoms with Gasteiger partial charge in [-0.2, -0.15) is 0 Å². The third-order valence-corrected chi connectivity index (χ3v) is 3.00. The first kappa shape index (κ1) is 13.0. The van der Waals surface area contributed by atoms with Crippen molar-refractivity contribution in [1.29, 1.82) is 0 Å². The minimum Gasteiger partial charge on any atom is -0.478 e. The summed E-state index contributed by atoms with van der Waals surface area (Å²) in [5.41, 5.74) is 9.15. The molecule has 0 heterocycles. The lowest BCUT2D eigenvalue weighted by Gasteiger charge is -2.22. The van der Waals surface area contributed by atoms with Gasteiger partial charge in [-0.1, -0.05) is 12.1 Å². The summed E-state index contributed by atoms with van der Waals surface area (Å²) >= 11 is 0. The topological polar surface area (TPSA) is 66.6 Å². The van der Waals surface area contributed by atoms with Crippen molar-refractivity contribution in [2.75, 3.05) is 17.7 Å². The second kappa shape index (κ2) is 5.02. The first-order chi connectivity index (χ1) is 8.99. The van der Waals surface area contributed by atoms with Crippen molar-refractivity contribution in [3.8, 4) is 0 Å². The molecule has 0 amide bonds. The highest BCUT2D eigenvalue weighted by atomic mass is 16.4. The number of nitrogens with two attached hydrogens (primary N) is 1. The summed E-state index contributed by atoms with van der Waals surface area (Å²) in [5, 5.41) is 9.24. The van der Waals surface area contributed by atoms with Crippen molar-refractivity contribution in [1.82, 2.24) is 0 Å². The van der Waals surface area contributed by atoms with Gasteiger partial charge in [-0.05, 0) is 42.8 Å². The summed E-state index contributed by atoms with van der Waals surface area (Å²) in [4.78, 5) is 13.1. The number of nitrogen functional groups attached to an aromatic ring is 1. The first-order valence-electron chi connectivity index (χ1n) is 5.92. The van der Waals surface area contributed by atoms with Crippen LogP contribution in [0.5, 0.6) is 0 Å². The van der Waals surface area contributed by atoms with Gasteiger partial charge in [-0.25, -0.2) is 4.79 Å². The van der Waals surface area contributed by atoms with Crippen molar-refractivity contribution in [3.63, 3.8) is 0 Å². The molecule has 2 aromatic rings. The second-order valence-corrected chi connectivity index (χ2v) is 4.48. The molecule has 0 aliphatic carbocycles. The zero-order valence-corrected chi connectivity index (χ0v) is 10.9. The highest BCUT2D eigenvalue weighted by molar-refractivity contribution is 5.96. The Morgan fingerprint density at radius 3 is 2.58 bits per heavy atom. The molecule has 98 valence electrons. The summed E-state index contributed by atoms with van der Waals surface area (Å²) in [6, 6.07) is 12.7. The first-order valence-corrected chi connectivity index (χ1v) is 5.92. The Kier molecular flexibility index (Phi) is 3.42. The van der Waals surface area contributed by atoms with Crippen molar-refractivity contribution < 1.29 is 9.90 Å². The minimum absolute atomic E-state index is 0.234. The van der Waals surface area contributed by atoms with Gasteiger partial charge in [0.05, 0.1) is 11.3 Å². The van der Waals surface area contributed by atoms with Crippen LogP contribution in [0, 0.1) is 6.92 Å². The predicted octanol–water partition coefficient (Wildman–Crippen LogP) is 3.04. The van der Waals surface area contributed by atoms with Gasteiger partial charge < -0.3 is 15.7 Å². The Labute approximate surface area is 112 Å². The smallest absolute Gasteiger partial charge is 0.337 e. The van der Waals surface area contributed by atoms with E-state index in [0.29, 0.717) is 11.4 Å². The lowest BCUT2D eigenvalue weighted by Crippen LogP contribution is -2.14. The average Bonchev–Trinajstić information content (AvgIpc) is 2.37. The van der Waals surface area contributed by atoms with Gasteiger partial charge >= 0.3 is 5.97 Å². The van der Waals surface area contributed by atoms with Crippen LogP contribution in [0.1, 0.15) is 15.9 Å². The molecule has 3 N–H and O–H groups in total. The number of carboxylic acids is 1. The Balaban J connectivity index is 2.51. The van der Waals surface area contributed by atoms with E-state index in [1.165, 1.54) is 6.07 Å². The summed E-state index contributed by atoms with van der Waals surface area (Å²) in [6.07, 6.45) is 0. The molecule has 19 heavy (non-hydrogen) atoms. The van der Waals surface area contributed by atoms with Crippen molar-refractivity contribution >= 4 is 23.0 Å². The maximum absolute atomic E-state index is 11.3. The Bertz CT molecular complexity index is 623. The molecule has 0 atom stereocenters. The number of aromatic carboxylic acids is 1. The minimum atomic E-state index is -0.963. The second-order valence-electron chi connectivity index (χ2n) is 4.48. The average molecular weight is 256 g/mol. The van der Waals surface area contributed by atoms with Crippen LogP contribution in [0.3, 0.4) is 0 Å². The number of carbonyl (C=O) groups is 1. The van der Waals surface area contributed by atoms with Crippen LogP contribution in [0.2, 0.25) is 0 Å². The predicted molar refractivity (Wildman–Crippen MR) is 77.1 cm³/mol. The van der Waals surface area contributed by atoms with E-state index in [4.69, 9.17) is 5.73 Å². The quantitative estimate of drug-likeness (QED) is 0.828. The van der Waals surface area contributed by atoms with Gasteiger partial charge in [0.1, 0.15) is 0 Å². The third kappa shape index (κ3) is 2.68. The van der Waals surface area contributed by atoms with E-state index < -0.39 is 5.97 Å². The summed E-state index contributed by atoms with van der Waals surface area (Å²) < 4.78 is 0. The summed E-state index contributed by atoms with van der Waals surface area (Å²) in [5.74, 6) is -0.963. The summed E-state index contributed by atoms with van der Waals surface area (Å²) in [7, 11) is 1.83. The van der Waals surface area contributed by atoms with Crippen LogP contribution in [-0.4, -0.2) is 18.1 Å². The molecule has 4 heteroatoms. The van der Waals surface area contributed by atoms with Crippen LogP contribution in [0.25, 0.3) is 0 Å². The maximum atomic E-state index is 11.3. The molecule has 0 saturated carbocycles. The van der Waals surface area contributed by atoms with Gasteiger partial charge in [0.15, 0.2) is 0 Å². The Morgan fingerprint density at radius 2 is 1.95 bits per heavy atom. The Morgan fingerprint density at radius 1 is 1.21 bits per heavy atom. The molecule has 2 rings (SSSR count). The molecule has 0 aromatic heterocycles. The Hall–Kier alpha value is -2.49. The SMILES string of the molecule is Cc1cccc(N(C)c2cc(N)ccc2C(=O)O)c1. The van der Waals surface area contributed by atoms with E-state index in [0.717, 1.165) is 11.3 Å². The zero-order chi connectivity index (χ0) is 14.0. The van der Waals surface area contributed by atoms with Gasteiger partial charge in [0.25, 0.3) is 0 Å². The molecule has 0 bridgehead atoms. The fourth-order valence-electron chi connectivity index (χ4n) is 1.98. The van der Waals surface area contributed by atoms with Gasteiger partial charge in [-0.3, -0.25) is 0 Å². The van der Waals surface area contributed by atoms with Crippen molar-refractivity contribution in [2.45, 2.75) is 6.92 Å². The van der Waals surface area contributed by atoms with Crippen LogP contribution < -0.4 is 10.6 Å². The lowest BCUT2D eigenvalue weighted by molar-refractivity contribution is 0.0697. The van der Waals surface area contributed by atoms with Crippen LogP contribution in [0.15, 0.2) is 42.5 Å².